The molecule has 0 bridgehead atoms. The summed E-state index contributed by atoms with van der Waals surface area (Å²) in [4.78, 5) is 82.6. The van der Waals surface area contributed by atoms with Crippen LogP contribution < -0.4 is 26.7 Å². The highest BCUT2D eigenvalue weighted by atomic mass is 127. The Labute approximate surface area is 466 Å². The Balaban J connectivity index is 0.985. The molecule has 22 heteroatoms. The van der Waals surface area contributed by atoms with Crippen molar-refractivity contribution in [3.63, 3.8) is 0 Å². The Kier molecular flexibility index (Phi) is 25.4. The molecule has 4 atom stereocenters. The molecule has 1 aromatic heterocycles. The van der Waals surface area contributed by atoms with Gasteiger partial charge in [-0.25, -0.2) is 23.6 Å². The molecule has 5 N–H and O–H groups in total. The topological polar surface area (TPSA) is 229 Å². The zero-order valence-corrected chi connectivity index (χ0v) is 47.5. The molecule has 1 fully saturated rings. The zero-order chi connectivity index (χ0) is 55.9. The van der Waals surface area contributed by atoms with E-state index in [2.05, 4.69) is 41.8 Å². The molecule has 418 valence electrons. The number of nitrogens with zero attached hydrogens (tertiary/aromatic N) is 5. The first-order chi connectivity index (χ1) is 36.9. The number of ether oxygens (including phenoxy) is 1. The molecule has 0 radical (unpaired) electrons. The van der Waals surface area contributed by atoms with Gasteiger partial charge in [-0.15, -0.1) is 11.3 Å². The molecule has 77 heavy (non-hydrogen) atoms. The summed E-state index contributed by atoms with van der Waals surface area (Å²) in [6.45, 7) is 11.3. The normalized spacial score (nSPS) is 15.1. The van der Waals surface area contributed by atoms with Crippen LogP contribution in [0.25, 0.3) is 20.9 Å². The summed E-state index contributed by atoms with van der Waals surface area (Å²) in [5.41, 5.74) is 13.8. The van der Waals surface area contributed by atoms with Crippen molar-refractivity contribution in [3.8, 4) is 10.4 Å². The highest BCUT2D eigenvalue weighted by Crippen LogP contribution is 2.32. The van der Waals surface area contributed by atoms with Crippen molar-refractivity contribution in [2.75, 3.05) is 38.1 Å². The van der Waals surface area contributed by atoms with Crippen LogP contribution in [0.15, 0.2) is 65.2 Å². The second kappa shape index (κ2) is 31.6. The van der Waals surface area contributed by atoms with E-state index in [1.165, 1.54) is 17.0 Å². The lowest BCUT2D eigenvalue weighted by atomic mass is 9.85. The van der Waals surface area contributed by atoms with Gasteiger partial charge in [-0.1, -0.05) is 88.7 Å². The molecule has 0 spiro atoms. The van der Waals surface area contributed by atoms with Crippen LogP contribution in [0.5, 0.6) is 0 Å². The zero-order valence-electron chi connectivity index (χ0n) is 44.5. The van der Waals surface area contributed by atoms with Gasteiger partial charge >= 0.3 is 5.97 Å². The van der Waals surface area contributed by atoms with E-state index in [1.54, 1.807) is 22.9 Å². The molecule has 1 aliphatic rings. The number of rotatable bonds is 31. The number of azide groups is 1. The van der Waals surface area contributed by atoms with E-state index in [0.717, 1.165) is 85.3 Å². The van der Waals surface area contributed by atoms with Crippen LogP contribution in [0, 0.1) is 33.4 Å². The standard InChI is InChI=1S/C55H72F3IN10O7S/c1-35(37-19-21-38(22-20-37)50-36(2)62-34-77-50)64-53(73)45-32-40(76-47(71)18-13-15-29-63-68-60)33-69(45)54(74)51(55(3,4)5)66-46(70)17-12-10-8-6-7-9-11-14-27-61-28-16-30-75-67-52(72)41-24-25-42(56)48(58)49(41)65-44-26-23-39(59)31-43(44)57/h19-26,31,34-35,40,45,51,61,65H,6-18,27-30,32-33H2,1-5H3,(H,64,73)(H,66,70)(H,67,72)/t35-,40+,45-,51+/m0/s1. The third-order valence-electron chi connectivity index (χ3n) is 13.1. The van der Waals surface area contributed by atoms with E-state index in [0.29, 0.717) is 35.8 Å². The summed E-state index contributed by atoms with van der Waals surface area (Å²) < 4.78 is 49.6. The van der Waals surface area contributed by atoms with Crippen LogP contribution in [0.4, 0.5) is 24.5 Å². The molecule has 1 aliphatic heterocycles. The highest BCUT2D eigenvalue weighted by molar-refractivity contribution is 14.1. The summed E-state index contributed by atoms with van der Waals surface area (Å²) in [6, 6.07) is 11.7. The predicted octanol–water partition coefficient (Wildman–Crippen LogP) is 11.4. The number of halogens is 4. The van der Waals surface area contributed by atoms with Crippen molar-refractivity contribution >= 4 is 74.9 Å². The van der Waals surface area contributed by atoms with Crippen LogP contribution >= 0.6 is 33.9 Å². The van der Waals surface area contributed by atoms with Crippen molar-refractivity contribution < 1.29 is 46.7 Å². The van der Waals surface area contributed by atoms with E-state index >= 15 is 0 Å². The number of hydrogen-bond acceptors (Lipinski definition) is 12. The van der Waals surface area contributed by atoms with Crippen LogP contribution in [0.1, 0.15) is 145 Å². The summed E-state index contributed by atoms with van der Waals surface area (Å²) >= 11 is 3.48. The number of hydroxylamine groups is 1. The Hall–Kier alpha value is -5.81. The summed E-state index contributed by atoms with van der Waals surface area (Å²) in [6.07, 6.45) is 8.92. The monoisotopic (exact) mass is 1200 g/mol. The third kappa shape index (κ3) is 19.9. The number of carbonyl (C=O) groups excluding carboxylic acids is 5. The second-order valence-electron chi connectivity index (χ2n) is 20.2. The largest absolute Gasteiger partial charge is 0.460 e. The average molecular weight is 1200 g/mol. The van der Waals surface area contributed by atoms with Gasteiger partial charge in [0.25, 0.3) is 5.91 Å². The molecular weight excluding hydrogens is 1130 g/mol. The van der Waals surface area contributed by atoms with Gasteiger partial charge in [-0.05, 0) is 134 Å². The molecule has 5 rings (SSSR count). The minimum absolute atomic E-state index is 0.00924. The minimum atomic E-state index is -1.32. The van der Waals surface area contributed by atoms with Crippen LogP contribution in [0.2, 0.25) is 0 Å². The molecule has 0 unspecified atom stereocenters. The van der Waals surface area contributed by atoms with Crippen LogP contribution in [-0.4, -0.2) is 90.5 Å². The lowest BCUT2D eigenvalue weighted by Crippen LogP contribution is -2.57. The van der Waals surface area contributed by atoms with Gasteiger partial charge in [0.1, 0.15) is 24.0 Å². The molecule has 0 saturated carbocycles. The number of nitrogens with one attached hydrogen (secondary N) is 5. The number of aromatic nitrogens is 1. The maximum absolute atomic E-state index is 14.7. The van der Waals surface area contributed by atoms with E-state index in [4.69, 9.17) is 15.1 Å². The predicted molar refractivity (Wildman–Crippen MR) is 299 cm³/mol. The molecule has 2 heterocycles. The molecule has 0 aliphatic carbocycles. The van der Waals surface area contributed by atoms with Crippen LogP contribution in [-0.2, 0) is 28.8 Å². The van der Waals surface area contributed by atoms with Crippen LogP contribution in [0.3, 0.4) is 0 Å². The quantitative estimate of drug-likeness (QED) is 0.00609. The number of amides is 4. The van der Waals surface area contributed by atoms with Crippen molar-refractivity contribution in [3.05, 3.63) is 108 Å². The van der Waals surface area contributed by atoms with E-state index in [9.17, 15) is 37.1 Å². The van der Waals surface area contributed by atoms with Gasteiger partial charge in [-0.3, -0.25) is 28.8 Å². The number of thiazole rings is 1. The highest BCUT2D eigenvalue weighted by Gasteiger charge is 2.46. The third-order valence-corrected chi connectivity index (χ3v) is 14.7. The number of unbranched alkanes of at least 4 members (excludes halogenated alkanes) is 8. The van der Waals surface area contributed by atoms with E-state index in [-0.39, 0.29) is 56.1 Å². The second-order valence-corrected chi connectivity index (χ2v) is 22.3. The smallest absolute Gasteiger partial charge is 0.306 e. The summed E-state index contributed by atoms with van der Waals surface area (Å²) in [5.74, 6) is -5.56. The number of esters is 1. The fourth-order valence-corrected chi connectivity index (χ4v) is 10.1. The minimum Gasteiger partial charge on any atom is -0.460 e. The van der Waals surface area contributed by atoms with Crippen molar-refractivity contribution in [2.45, 2.75) is 149 Å². The van der Waals surface area contributed by atoms with Crippen molar-refractivity contribution in [2.24, 2.45) is 10.5 Å². The van der Waals surface area contributed by atoms with Crippen molar-refractivity contribution in [1.29, 1.82) is 0 Å². The maximum Gasteiger partial charge on any atom is 0.306 e. The van der Waals surface area contributed by atoms with E-state index < -0.39 is 76.5 Å². The molecule has 4 aromatic rings. The number of anilines is 2. The van der Waals surface area contributed by atoms with Gasteiger partial charge in [0.2, 0.25) is 17.7 Å². The maximum atomic E-state index is 14.7. The Morgan fingerprint density at radius 1 is 0.883 bits per heavy atom. The van der Waals surface area contributed by atoms with Gasteiger partial charge in [0.15, 0.2) is 11.6 Å². The fraction of sp³-hybridized carbons (Fsp3) is 0.527. The molecule has 4 amide bonds. The Morgan fingerprint density at radius 3 is 2.25 bits per heavy atom. The summed E-state index contributed by atoms with van der Waals surface area (Å²) in [7, 11) is 0. The van der Waals surface area contributed by atoms with E-state index in [1.807, 2.05) is 81.5 Å². The number of hydrogen-bond donors (Lipinski definition) is 5. The number of benzene rings is 3. The first-order valence-corrected chi connectivity index (χ1v) is 28.3. The van der Waals surface area contributed by atoms with Gasteiger partial charge in [-0.2, -0.15) is 0 Å². The lowest BCUT2D eigenvalue weighted by Gasteiger charge is -2.35. The first kappa shape index (κ1) is 62.0. The van der Waals surface area contributed by atoms with Gasteiger partial charge in [0.05, 0.1) is 52.2 Å². The SMILES string of the molecule is Cc1ncsc1-c1ccc([C@H](C)NC(=O)[C@@H]2C[C@@H](OC(=O)CCCCN=[N+]=[N-])CN2C(=O)[C@@H](NC(=O)CCCCCCCCCCNCCCONC(=O)c2ccc(F)c(F)c2Nc2ccc(I)cc2F)C(C)(C)C)cc1. The van der Waals surface area contributed by atoms with Gasteiger partial charge in [0, 0.05) is 34.3 Å². The number of carbonyl (C=O) groups is 5. The average Bonchev–Trinajstić information content (AvgIpc) is 4.04. The number of aryl methyl sites for hydroxylation is 1. The molecular formula is C55H72F3IN10O7S. The molecule has 17 nitrogen and oxygen atoms in total. The molecule has 3 aromatic carbocycles. The summed E-state index contributed by atoms with van der Waals surface area (Å²) in [5, 5.41) is 15.4. The van der Waals surface area contributed by atoms with Gasteiger partial charge < -0.3 is 30.9 Å². The number of likely N-dealkylation sites (tertiary alicyclic amines) is 1. The first-order valence-electron chi connectivity index (χ1n) is 26.3. The fourth-order valence-electron chi connectivity index (χ4n) is 8.81. The Morgan fingerprint density at radius 2 is 1.57 bits per heavy atom. The molecule has 1 saturated heterocycles. The Bertz CT molecular complexity index is 2650. The lowest BCUT2D eigenvalue weighted by molar-refractivity contribution is -0.149. The van der Waals surface area contributed by atoms with Crippen molar-refractivity contribution in [1.82, 2.24) is 31.3 Å².